The van der Waals surface area contributed by atoms with Gasteiger partial charge in [-0.3, -0.25) is 4.79 Å². The Hall–Kier alpha value is -2.32. The minimum absolute atomic E-state index is 0.0268. The van der Waals surface area contributed by atoms with Crippen molar-refractivity contribution < 1.29 is 4.79 Å². The highest BCUT2D eigenvalue weighted by Crippen LogP contribution is 2.18. The van der Waals surface area contributed by atoms with E-state index in [-0.39, 0.29) is 5.91 Å². The van der Waals surface area contributed by atoms with Crippen LogP contribution in [0.5, 0.6) is 0 Å². The summed E-state index contributed by atoms with van der Waals surface area (Å²) in [6.07, 6.45) is 0.296. The van der Waals surface area contributed by atoms with Crippen LogP contribution in [0.4, 0.5) is 0 Å². The van der Waals surface area contributed by atoms with E-state index in [0.717, 1.165) is 11.1 Å². The Bertz CT molecular complexity index is 808. The predicted octanol–water partition coefficient (Wildman–Crippen LogP) is 4.35. The summed E-state index contributed by atoms with van der Waals surface area (Å²) >= 11 is 6.08. The molecule has 3 heteroatoms. The van der Waals surface area contributed by atoms with E-state index < -0.39 is 0 Å². The summed E-state index contributed by atoms with van der Waals surface area (Å²) in [6.45, 7) is 0.518. The van der Waals surface area contributed by atoms with Crippen molar-refractivity contribution in [1.82, 2.24) is 5.32 Å². The number of benzene rings is 3. The molecular weight excluding hydrogens is 294 g/mol. The molecule has 0 atom stereocenters. The normalized spacial score (nSPS) is 10.6. The molecular formula is C19H16ClNO. The molecule has 2 nitrogen and oxygen atoms in total. The number of amides is 1. The van der Waals surface area contributed by atoms with Crippen molar-refractivity contribution in [3.8, 4) is 0 Å². The average Bonchev–Trinajstić information content (AvgIpc) is 2.55. The monoisotopic (exact) mass is 309 g/mol. The van der Waals surface area contributed by atoms with Crippen LogP contribution in [0.25, 0.3) is 10.8 Å². The molecule has 0 saturated heterocycles. The molecule has 0 fully saturated rings. The van der Waals surface area contributed by atoms with Gasteiger partial charge in [0.15, 0.2) is 0 Å². The highest BCUT2D eigenvalue weighted by atomic mass is 35.5. The highest BCUT2D eigenvalue weighted by molar-refractivity contribution is 6.31. The summed E-state index contributed by atoms with van der Waals surface area (Å²) in [5, 5.41) is 5.95. The van der Waals surface area contributed by atoms with Crippen LogP contribution in [-0.2, 0) is 17.8 Å². The van der Waals surface area contributed by atoms with Gasteiger partial charge in [-0.2, -0.15) is 0 Å². The van der Waals surface area contributed by atoms with Gasteiger partial charge in [-0.1, -0.05) is 72.3 Å². The third-order valence-corrected chi connectivity index (χ3v) is 4.03. The topological polar surface area (TPSA) is 29.1 Å². The van der Waals surface area contributed by atoms with Crippen LogP contribution in [-0.4, -0.2) is 5.91 Å². The van der Waals surface area contributed by atoms with Gasteiger partial charge in [-0.25, -0.2) is 0 Å². The number of halogens is 1. The lowest BCUT2D eigenvalue weighted by Crippen LogP contribution is -2.24. The van der Waals surface area contributed by atoms with Gasteiger partial charge in [-0.15, -0.1) is 0 Å². The molecule has 0 unspecified atom stereocenters. The van der Waals surface area contributed by atoms with Crippen LogP contribution in [0.2, 0.25) is 5.02 Å². The van der Waals surface area contributed by atoms with E-state index in [0.29, 0.717) is 18.0 Å². The highest BCUT2D eigenvalue weighted by Gasteiger charge is 2.07. The van der Waals surface area contributed by atoms with Gasteiger partial charge in [0.25, 0.3) is 0 Å². The van der Waals surface area contributed by atoms with E-state index in [9.17, 15) is 4.79 Å². The van der Waals surface area contributed by atoms with Gasteiger partial charge in [0.1, 0.15) is 0 Å². The summed E-state index contributed by atoms with van der Waals surface area (Å²) in [7, 11) is 0. The fourth-order valence-corrected chi connectivity index (χ4v) is 2.72. The van der Waals surface area contributed by atoms with Gasteiger partial charge >= 0.3 is 0 Å². The maximum absolute atomic E-state index is 12.1. The second-order valence-electron chi connectivity index (χ2n) is 5.18. The molecule has 3 aromatic rings. The van der Waals surface area contributed by atoms with Crippen molar-refractivity contribution in [1.29, 1.82) is 0 Å². The van der Waals surface area contributed by atoms with Gasteiger partial charge in [-0.05, 0) is 28.0 Å². The molecule has 0 aromatic heterocycles. The second-order valence-corrected chi connectivity index (χ2v) is 5.59. The van der Waals surface area contributed by atoms with Crippen molar-refractivity contribution in [3.05, 3.63) is 82.9 Å². The molecule has 3 aromatic carbocycles. The second kappa shape index (κ2) is 6.63. The maximum Gasteiger partial charge on any atom is 0.224 e. The molecule has 0 heterocycles. The third kappa shape index (κ3) is 3.29. The first-order chi connectivity index (χ1) is 10.7. The minimum Gasteiger partial charge on any atom is -0.352 e. The number of nitrogens with one attached hydrogen (secondary N) is 1. The Morgan fingerprint density at radius 2 is 1.55 bits per heavy atom. The Morgan fingerprint density at radius 3 is 2.41 bits per heavy atom. The molecule has 0 aliphatic carbocycles. The van der Waals surface area contributed by atoms with Crippen LogP contribution in [0.15, 0.2) is 66.7 Å². The number of carbonyl (C=O) groups is 1. The molecule has 0 aliphatic rings. The Kier molecular flexibility index (Phi) is 4.40. The minimum atomic E-state index is -0.0268. The number of rotatable bonds is 4. The van der Waals surface area contributed by atoms with Crippen molar-refractivity contribution in [2.75, 3.05) is 0 Å². The van der Waals surface area contributed by atoms with Gasteiger partial charge < -0.3 is 5.32 Å². The Labute approximate surface area is 134 Å². The lowest BCUT2D eigenvalue weighted by molar-refractivity contribution is -0.120. The molecule has 0 aliphatic heterocycles. The first-order valence-corrected chi connectivity index (χ1v) is 7.58. The van der Waals surface area contributed by atoms with Gasteiger partial charge in [0, 0.05) is 11.6 Å². The molecule has 0 spiro atoms. The summed E-state index contributed by atoms with van der Waals surface area (Å²) in [5.41, 5.74) is 1.96. The largest absolute Gasteiger partial charge is 0.352 e. The van der Waals surface area contributed by atoms with E-state index in [1.54, 1.807) is 6.07 Å². The summed E-state index contributed by atoms with van der Waals surface area (Å²) in [6, 6.07) is 21.7. The van der Waals surface area contributed by atoms with Crippen LogP contribution in [0.3, 0.4) is 0 Å². The number of carbonyl (C=O) groups excluding carboxylic acids is 1. The lowest BCUT2D eigenvalue weighted by atomic mass is 10.0. The molecule has 3 rings (SSSR count). The molecule has 0 bridgehead atoms. The smallest absolute Gasteiger partial charge is 0.224 e. The molecule has 0 saturated carbocycles. The Morgan fingerprint density at radius 1 is 0.864 bits per heavy atom. The Balaban J connectivity index is 1.69. The van der Waals surface area contributed by atoms with Gasteiger partial charge in [0.05, 0.1) is 6.42 Å². The number of hydrogen-bond donors (Lipinski definition) is 1. The summed E-state index contributed by atoms with van der Waals surface area (Å²) in [5.74, 6) is -0.0268. The van der Waals surface area contributed by atoms with E-state index in [1.165, 1.54) is 10.8 Å². The number of fused-ring (bicyclic) bond motifs is 1. The first kappa shape index (κ1) is 14.6. The molecule has 1 N–H and O–H groups in total. The number of hydrogen-bond acceptors (Lipinski definition) is 1. The molecule has 110 valence electrons. The van der Waals surface area contributed by atoms with E-state index >= 15 is 0 Å². The van der Waals surface area contributed by atoms with Crippen molar-refractivity contribution in [3.63, 3.8) is 0 Å². The fraction of sp³-hybridized carbons (Fsp3) is 0.105. The zero-order chi connectivity index (χ0) is 15.4. The van der Waals surface area contributed by atoms with Crippen LogP contribution in [0.1, 0.15) is 11.1 Å². The SMILES string of the molecule is O=C(Cc1ccccc1Cl)NCc1cccc2ccccc12. The van der Waals surface area contributed by atoms with Crippen molar-refractivity contribution >= 4 is 28.3 Å². The van der Waals surface area contributed by atoms with Crippen LogP contribution < -0.4 is 5.32 Å². The summed E-state index contributed by atoms with van der Waals surface area (Å²) < 4.78 is 0. The summed E-state index contributed by atoms with van der Waals surface area (Å²) in [4.78, 5) is 12.1. The third-order valence-electron chi connectivity index (χ3n) is 3.66. The molecule has 1 amide bonds. The van der Waals surface area contributed by atoms with Gasteiger partial charge in [0.2, 0.25) is 5.91 Å². The fourth-order valence-electron chi connectivity index (χ4n) is 2.52. The average molecular weight is 310 g/mol. The lowest BCUT2D eigenvalue weighted by Gasteiger charge is -2.09. The first-order valence-electron chi connectivity index (χ1n) is 7.21. The van der Waals surface area contributed by atoms with Crippen LogP contribution in [0, 0.1) is 0 Å². The molecule has 0 radical (unpaired) electrons. The van der Waals surface area contributed by atoms with Crippen molar-refractivity contribution in [2.24, 2.45) is 0 Å². The molecule has 22 heavy (non-hydrogen) atoms. The van der Waals surface area contributed by atoms with Crippen molar-refractivity contribution in [2.45, 2.75) is 13.0 Å². The zero-order valence-corrected chi connectivity index (χ0v) is 12.8. The quantitative estimate of drug-likeness (QED) is 0.762. The zero-order valence-electron chi connectivity index (χ0n) is 12.1. The standard InChI is InChI=1S/C19H16ClNO/c20-18-11-4-2-7-15(18)12-19(22)21-13-16-9-5-8-14-6-1-3-10-17(14)16/h1-11H,12-13H2,(H,21,22). The van der Waals surface area contributed by atoms with E-state index in [4.69, 9.17) is 11.6 Å². The predicted molar refractivity (Wildman–Crippen MR) is 91.0 cm³/mol. The van der Waals surface area contributed by atoms with E-state index in [1.807, 2.05) is 42.5 Å². The van der Waals surface area contributed by atoms with Crippen LogP contribution >= 0.6 is 11.6 Å². The maximum atomic E-state index is 12.1. The van der Waals surface area contributed by atoms with E-state index in [2.05, 4.69) is 23.5 Å².